The molecule has 1 aromatic heterocycles. The molecule has 0 spiro atoms. The number of nitrogen functional groups attached to an aromatic ring is 1. The van der Waals surface area contributed by atoms with Crippen LogP contribution in [-0.2, 0) is 4.74 Å². The summed E-state index contributed by atoms with van der Waals surface area (Å²) in [5.41, 5.74) is 5.90. The maximum Gasteiger partial charge on any atom is 0.268 e. The van der Waals surface area contributed by atoms with Crippen molar-refractivity contribution in [1.29, 1.82) is 0 Å². The highest BCUT2D eigenvalue weighted by Crippen LogP contribution is 2.27. The summed E-state index contributed by atoms with van der Waals surface area (Å²) in [4.78, 5) is 19.1. The molecular formula is C14H24N4O2S. The quantitative estimate of drug-likeness (QED) is 0.869. The lowest BCUT2D eigenvalue weighted by molar-refractivity contribution is -0.0224. The Morgan fingerprint density at radius 3 is 3.05 bits per heavy atom. The number of anilines is 2. The molecule has 118 valence electrons. The fourth-order valence-corrected chi connectivity index (χ4v) is 3.01. The summed E-state index contributed by atoms with van der Waals surface area (Å²) in [6.45, 7) is 8.94. The highest BCUT2D eigenvalue weighted by atomic mass is 32.1. The number of nitrogens with one attached hydrogen (secondary N) is 1. The molecule has 0 radical (unpaired) electrons. The molecule has 1 atom stereocenters. The number of amides is 1. The number of morpholine rings is 1. The lowest BCUT2D eigenvalue weighted by atomic mass is 10.2. The minimum absolute atomic E-state index is 0.0376. The SMILES string of the molecule is CCC1CN(C(=O)c2sc(NCC(C)C)nc2N)CCO1. The maximum atomic E-state index is 12.6. The first-order valence-corrected chi connectivity index (χ1v) is 8.24. The molecule has 6 nitrogen and oxygen atoms in total. The van der Waals surface area contributed by atoms with E-state index in [1.807, 2.05) is 4.90 Å². The Morgan fingerprint density at radius 2 is 2.38 bits per heavy atom. The van der Waals surface area contributed by atoms with Gasteiger partial charge >= 0.3 is 0 Å². The number of carbonyl (C=O) groups excluding carboxylic acids is 1. The highest BCUT2D eigenvalue weighted by molar-refractivity contribution is 7.18. The van der Waals surface area contributed by atoms with Gasteiger partial charge in [0.1, 0.15) is 10.7 Å². The van der Waals surface area contributed by atoms with Gasteiger partial charge in [0, 0.05) is 19.6 Å². The number of nitrogens with zero attached hydrogens (tertiary/aromatic N) is 2. The first kappa shape index (κ1) is 16.0. The third-order valence-corrected chi connectivity index (χ3v) is 4.41. The van der Waals surface area contributed by atoms with Crippen molar-refractivity contribution in [2.24, 2.45) is 5.92 Å². The van der Waals surface area contributed by atoms with E-state index >= 15 is 0 Å². The lowest BCUT2D eigenvalue weighted by Gasteiger charge is -2.32. The third-order valence-electron chi connectivity index (χ3n) is 3.39. The molecule has 2 rings (SSSR count). The van der Waals surface area contributed by atoms with Crippen molar-refractivity contribution in [3.63, 3.8) is 0 Å². The molecule has 1 saturated heterocycles. The zero-order chi connectivity index (χ0) is 15.4. The molecule has 1 aliphatic rings. The van der Waals surface area contributed by atoms with Crippen LogP contribution in [0, 0.1) is 5.92 Å². The van der Waals surface area contributed by atoms with Crippen molar-refractivity contribution in [3.05, 3.63) is 4.88 Å². The molecule has 21 heavy (non-hydrogen) atoms. The van der Waals surface area contributed by atoms with Gasteiger partial charge in [-0.25, -0.2) is 4.98 Å². The van der Waals surface area contributed by atoms with Crippen LogP contribution in [-0.4, -0.2) is 48.1 Å². The van der Waals surface area contributed by atoms with E-state index in [1.54, 1.807) is 0 Å². The Hall–Kier alpha value is -1.34. The second-order valence-electron chi connectivity index (χ2n) is 5.66. The lowest BCUT2D eigenvalue weighted by Crippen LogP contribution is -2.45. The van der Waals surface area contributed by atoms with E-state index in [0.717, 1.165) is 13.0 Å². The van der Waals surface area contributed by atoms with Crippen molar-refractivity contribution in [3.8, 4) is 0 Å². The van der Waals surface area contributed by atoms with E-state index in [0.29, 0.717) is 41.4 Å². The van der Waals surface area contributed by atoms with Gasteiger partial charge in [-0.15, -0.1) is 0 Å². The zero-order valence-electron chi connectivity index (χ0n) is 12.9. The van der Waals surface area contributed by atoms with E-state index < -0.39 is 0 Å². The van der Waals surface area contributed by atoms with Crippen molar-refractivity contribution in [1.82, 2.24) is 9.88 Å². The Labute approximate surface area is 129 Å². The standard InChI is InChI=1S/C14H24N4O2S/c1-4-10-8-18(5-6-20-10)13(19)11-12(15)17-14(21-11)16-7-9(2)3/h9-10H,4-8,15H2,1-3H3,(H,16,17). The van der Waals surface area contributed by atoms with Crippen molar-refractivity contribution in [2.75, 3.05) is 37.3 Å². The molecule has 1 unspecified atom stereocenters. The second-order valence-corrected chi connectivity index (χ2v) is 6.66. The minimum atomic E-state index is -0.0376. The predicted octanol–water partition coefficient (Wildman–Crippen LogP) is 2.04. The molecule has 2 heterocycles. The predicted molar refractivity (Wildman–Crippen MR) is 85.8 cm³/mol. The average Bonchev–Trinajstić information content (AvgIpc) is 2.85. The topological polar surface area (TPSA) is 80.5 Å². The summed E-state index contributed by atoms with van der Waals surface area (Å²) in [6, 6.07) is 0. The third kappa shape index (κ3) is 4.07. The Balaban J connectivity index is 2.04. The summed E-state index contributed by atoms with van der Waals surface area (Å²) in [7, 11) is 0. The Bertz CT molecular complexity index is 489. The Morgan fingerprint density at radius 1 is 1.62 bits per heavy atom. The van der Waals surface area contributed by atoms with Crippen LogP contribution in [0.4, 0.5) is 10.9 Å². The van der Waals surface area contributed by atoms with E-state index in [9.17, 15) is 4.79 Å². The minimum Gasteiger partial charge on any atom is -0.382 e. The van der Waals surface area contributed by atoms with Gasteiger partial charge in [-0.3, -0.25) is 4.79 Å². The largest absolute Gasteiger partial charge is 0.382 e. The average molecular weight is 312 g/mol. The molecule has 0 aromatic carbocycles. The van der Waals surface area contributed by atoms with Crippen LogP contribution in [0.2, 0.25) is 0 Å². The van der Waals surface area contributed by atoms with E-state index in [4.69, 9.17) is 10.5 Å². The maximum absolute atomic E-state index is 12.6. The van der Waals surface area contributed by atoms with Gasteiger partial charge in [-0.2, -0.15) is 0 Å². The van der Waals surface area contributed by atoms with Gasteiger partial charge < -0.3 is 20.7 Å². The first-order chi connectivity index (χ1) is 10.0. The van der Waals surface area contributed by atoms with Crippen LogP contribution < -0.4 is 11.1 Å². The highest BCUT2D eigenvalue weighted by Gasteiger charge is 2.27. The smallest absolute Gasteiger partial charge is 0.268 e. The second kappa shape index (κ2) is 7.09. The number of rotatable bonds is 5. The molecular weight excluding hydrogens is 288 g/mol. The number of nitrogens with two attached hydrogens (primary N) is 1. The summed E-state index contributed by atoms with van der Waals surface area (Å²) >= 11 is 1.33. The molecule has 0 saturated carbocycles. The molecule has 0 aliphatic carbocycles. The molecule has 1 fully saturated rings. The van der Waals surface area contributed by atoms with E-state index in [-0.39, 0.29) is 12.0 Å². The summed E-state index contributed by atoms with van der Waals surface area (Å²) in [6.07, 6.45) is 1.03. The number of carbonyl (C=O) groups is 1. The van der Waals surface area contributed by atoms with Gasteiger partial charge in [-0.05, 0) is 12.3 Å². The van der Waals surface area contributed by atoms with Crippen LogP contribution in [0.3, 0.4) is 0 Å². The molecule has 1 aliphatic heterocycles. The van der Waals surface area contributed by atoms with Crippen LogP contribution in [0.15, 0.2) is 0 Å². The van der Waals surface area contributed by atoms with Gasteiger partial charge in [-0.1, -0.05) is 32.1 Å². The fraction of sp³-hybridized carbons (Fsp3) is 0.714. The van der Waals surface area contributed by atoms with Gasteiger partial charge in [0.2, 0.25) is 0 Å². The van der Waals surface area contributed by atoms with E-state index in [2.05, 4.69) is 31.1 Å². The van der Waals surface area contributed by atoms with E-state index in [1.165, 1.54) is 11.3 Å². The number of ether oxygens (including phenoxy) is 1. The Kier molecular flexibility index (Phi) is 5.41. The fourth-order valence-electron chi connectivity index (χ4n) is 2.15. The van der Waals surface area contributed by atoms with Gasteiger partial charge in [0.15, 0.2) is 5.13 Å². The van der Waals surface area contributed by atoms with Crippen LogP contribution in [0.25, 0.3) is 0 Å². The van der Waals surface area contributed by atoms with Crippen LogP contribution in [0.1, 0.15) is 36.9 Å². The van der Waals surface area contributed by atoms with Crippen molar-refractivity contribution >= 4 is 28.2 Å². The normalized spacial score (nSPS) is 19.0. The molecule has 1 amide bonds. The molecule has 0 bridgehead atoms. The van der Waals surface area contributed by atoms with Crippen LogP contribution in [0.5, 0.6) is 0 Å². The van der Waals surface area contributed by atoms with Gasteiger partial charge in [0.05, 0.1) is 12.7 Å². The number of aromatic nitrogens is 1. The monoisotopic (exact) mass is 312 g/mol. The molecule has 7 heteroatoms. The first-order valence-electron chi connectivity index (χ1n) is 7.42. The summed E-state index contributed by atoms with van der Waals surface area (Å²) in [5, 5.41) is 3.93. The van der Waals surface area contributed by atoms with Crippen LogP contribution >= 0.6 is 11.3 Å². The summed E-state index contributed by atoms with van der Waals surface area (Å²) < 4.78 is 5.59. The number of hydrogen-bond acceptors (Lipinski definition) is 6. The van der Waals surface area contributed by atoms with Gasteiger partial charge in [0.25, 0.3) is 5.91 Å². The zero-order valence-corrected chi connectivity index (χ0v) is 13.7. The molecule has 1 aromatic rings. The van der Waals surface area contributed by atoms with Crippen molar-refractivity contribution in [2.45, 2.75) is 33.3 Å². The number of thiazole rings is 1. The number of hydrogen-bond donors (Lipinski definition) is 2. The van der Waals surface area contributed by atoms with Crippen molar-refractivity contribution < 1.29 is 9.53 Å². The molecule has 3 N–H and O–H groups in total. The summed E-state index contributed by atoms with van der Waals surface area (Å²) in [5.74, 6) is 0.791.